The number of amides is 1. The summed E-state index contributed by atoms with van der Waals surface area (Å²) < 4.78 is 38.0. The highest BCUT2D eigenvalue weighted by Gasteiger charge is 2.21. The van der Waals surface area contributed by atoms with E-state index in [4.69, 9.17) is 9.47 Å². The van der Waals surface area contributed by atoms with Crippen LogP contribution < -0.4 is 9.64 Å². The molecule has 1 fully saturated rings. The number of carbonyl (C=O) groups excluding carboxylic acids is 1. The van der Waals surface area contributed by atoms with Gasteiger partial charge in [0.25, 0.3) is 5.91 Å². The molecule has 0 aliphatic carbocycles. The minimum absolute atomic E-state index is 0.0961. The lowest BCUT2D eigenvalue weighted by Gasteiger charge is -2.18. The summed E-state index contributed by atoms with van der Waals surface area (Å²) in [5.41, 5.74) is 0.133. The normalized spacial score (nSPS) is 16.9. The highest BCUT2D eigenvalue weighted by Crippen LogP contribution is 2.22. The molecule has 5 nitrogen and oxygen atoms in total. The number of hydrogen-bond acceptors (Lipinski definition) is 4. The lowest BCUT2D eigenvalue weighted by atomic mass is 10.2. The molecule has 24 heavy (non-hydrogen) atoms. The molecule has 1 aromatic carbocycles. The molecule has 0 spiro atoms. The van der Waals surface area contributed by atoms with Gasteiger partial charge in [-0.2, -0.15) is 0 Å². The van der Waals surface area contributed by atoms with Gasteiger partial charge in [0.05, 0.1) is 18.9 Å². The first-order valence-electron chi connectivity index (χ1n) is 7.48. The van der Waals surface area contributed by atoms with Crippen LogP contribution in [0.3, 0.4) is 0 Å². The van der Waals surface area contributed by atoms with Crippen LogP contribution in [0.1, 0.15) is 16.8 Å². The summed E-state index contributed by atoms with van der Waals surface area (Å²) in [5, 5.41) is 0. The molecule has 1 saturated heterocycles. The highest BCUT2D eigenvalue weighted by molar-refractivity contribution is 6.05. The summed E-state index contributed by atoms with van der Waals surface area (Å²) >= 11 is 0. The van der Waals surface area contributed by atoms with Gasteiger partial charge in [0.1, 0.15) is 17.7 Å². The van der Waals surface area contributed by atoms with E-state index >= 15 is 0 Å². The number of benzene rings is 1. The van der Waals surface area contributed by atoms with Gasteiger partial charge >= 0.3 is 0 Å². The van der Waals surface area contributed by atoms with E-state index in [2.05, 4.69) is 4.98 Å². The van der Waals surface area contributed by atoms with E-state index in [9.17, 15) is 13.6 Å². The summed E-state index contributed by atoms with van der Waals surface area (Å²) in [6.45, 7) is 1.11. The fourth-order valence-corrected chi connectivity index (χ4v) is 2.43. The number of halogens is 2. The van der Waals surface area contributed by atoms with Gasteiger partial charge in [0.15, 0.2) is 0 Å². The lowest BCUT2D eigenvalue weighted by molar-refractivity contribution is 0.0990. The molecule has 1 amide bonds. The van der Waals surface area contributed by atoms with Crippen LogP contribution in [0, 0.1) is 11.6 Å². The third kappa shape index (κ3) is 3.51. The van der Waals surface area contributed by atoms with Crippen molar-refractivity contribution in [2.45, 2.75) is 12.5 Å². The van der Waals surface area contributed by atoms with Crippen LogP contribution in [-0.2, 0) is 4.74 Å². The molecule has 7 heteroatoms. The molecular formula is C17H16F2N2O3. The summed E-state index contributed by atoms with van der Waals surface area (Å²) in [5.74, 6) is -1.49. The summed E-state index contributed by atoms with van der Waals surface area (Å²) in [4.78, 5) is 17.6. The second kappa shape index (κ2) is 6.92. The number of carbonyl (C=O) groups is 1. The maximum Gasteiger partial charge on any atom is 0.258 e. The minimum atomic E-state index is -0.680. The van der Waals surface area contributed by atoms with E-state index in [1.165, 1.54) is 25.4 Å². The molecule has 1 unspecified atom stereocenters. The smallest absolute Gasteiger partial charge is 0.258 e. The van der Waals surface area contributed by atoms with Gasteiger partial charge < -0.3 is 14.4 Å². The first kappa shape index (κ1) is 16.3. The van der Waals surface area contributed by atoms with E-state index in [0.29, 0.717) is 19.1 Å². The molecule has 0 N–H and O–H groups in total. The molecule has 2 heterocycles. The average molecular weight is 334 g/mol. The van der Waals surface area contributed by atoms with Crippen molar-refractivity contribution in [2.24, 2.45) is 0 Å². The third-order valence-electron chi connectivity index (χ3n) is 3.73. The van der Waals surface area contributed by atoms with Gasteiger partial charge in [-0.25, -0.2) is 13.8 Å². The van der Waals surface area contributed by atoms with Crippen molar-refractivity contribution in [2.75, 3.05) is 25.2 Å². The number of nitrogens with zero attached hydrogens (tertiary/aromatic N) is 2. The molecule has 0 radical (unpaired) electrons. The zero-order chi connectivity index (χ0) is 17.1. The van der Waals surface area contributed by atoms with Crippen molar-refractivity contribution in [1.29, 1.82) is 0 Å². The number of ether oxygens (including phenoxy) is 2. The Morgan fingerprint density at radius 2 is 2.17 bits per heavy atom. The van der Waals surface area contributed by atoms with Gasteiger partial charge in [-0.3, -0.25) is 4.79 Å². The fraction of sp³-hybridized carbons (Fsp3) is 0.294. The number of pyridine rings is 1. The maximum atomic E-state index is 13.8. The molecule has 1 aliphatic rings. The van der Waals surface area contributed by atoms with E-state index in [0.717, 1.165) is 29.5 Å². The van der Waals surface area contributed by atoms with E-state index in [-0.39, 0.29) is 17.4 Å². The van der Waals surface area contributed by atoms with Gasteiger partial charge in [-0.05, 0) is 18.2 Å². The Bertz CT molecular complexity index is 748. The Balaban J connectivity index is 1.80. The predicted molar refractivity (Wildman–Crippen MR) is 83.2 cm³/mol. The van der Waals surface area contributed by atoms with Gasteiger partial charge in [-0.1, -0.05) is 0 Å². The molecule has 1 aliphatic heterocycles. The van der Waals surface area contributed by atoms with Crippen molar-refractivity contribution in [3.05, 3.63) is 53.7 Å². The summed E-state index contributed by atoms with van der Waals surface area (Å²) in [7, 11) is 1.38. The Hall–Kier alpha value is -2.54. The van der Waals surface area contributed by atoms with Gasteiger partial charge in [0.2, 0.25) is 5.88 Å². The standard InChI is InChI=1S/C17H16F2N2O3/c1-21(15-9-12(18)2-3-14(15)19)17(22)11-4-6-20-16(8-11)24-13-5-7-23-10-13/h2-4,6,8-9,13H,5,7,10H2,1H3. The van der Waals surface area contributed by atoms with Gasteiger partial charge in [-0.15, -0.1) is 0 Å². The topological polar surface area (TPSA) is 51.7 Å². The van der Waals surface area contributed by atoms with Crippen LogP contribution in [0.5, 0.6) is 5.88 Å². The maximum absolute atomic E-state index is 13.8. The van der Waals surface area contributed by atoms with E-state index in [1.54, 1.807) is 0 Å². The van der Waals surface area contributed by atoms with Crippen LogP contribution in [-0.4, -0.2) is 37.3 Å². The Morgan fingerprint density at radius 3 is 2.92 bits per heavy atom. The molecule has 1 aromatic heterocycles. The van der Waals surface area contributed by atoms with Crippen molar-refractivity contribution in [3.8, 4) is 5.88 Å². The van der Waals surface area contributed by atoms with Crippen molar-refractivity contribution >= 4 is 11.6 Å². The molecular weight excluding hydrogens is 318 g/mol. The zero-order valence-electron chi connectivity index (χ0n) is 13.0. The minimum Gasteiger partial charge on any atom is -0.472 e. The molecule has 126 valence electrons. The summed E-state index contributed by atoms with van der Waals surface area (Å²) in [6.07, 6.45) is 2.10. The number of anilines is 1. The van der Waals surface area contributed by atoms with Crippen LogP contribution in [0.15, 0.2) is 36.5 Å². The average Bonchev–Trinajstić information content (AvgIpc) is 3.09. The first-order valence-corrected chi connectivity index (χ1v) is 7.48. The molecule has 2 aromatic rings. The molecule has 0 bridgehead atoms. The van der Waals surface area contributed by atoms with Gasteiger partial charge in [0, 0.05) is 37.4 Å². The fourth-order valence-electron chi connectivity index (χ4n) is 2.43. The van der Waals surface area contributed by atoms with Crippen LogP contribution in [0.2, 0.25) is 0 Å². The number of aromatic nitrogens is 1. The Labute approximate surface area is 137 Å². The van der Waals surface area contributed by atoms with Crippen LogP contribution >= 0.6 is 0 Å². The second-order valence-electron chi connectivity index (χ2n) is 5.45. The van der Waals surface area contributed by atoms with Crippen LogP contribution in [0.4, 0.5) is 14.5 Å². The molecule has 1 atom stereocenters. The van der Waals surface area contributed by atoms with Crippen LogP contribution in [0.25, 0.3) is 0 Å². The summed E-state index contributed by atoms with van der Waals surface area (Å²) in [6, 6.07) is 5.93. The largest absolute Gasteiger partial charge is 0.472 e. The number of rotatable bonds is 4. The Kier molecular flexibility index (Phi) is 4.71. The number of hydrogen-bond donors (Lipinski definition) is 0. The third-order valence-corrected chi connectivity index (χ3v) is 3.73. The highest BCUT2D eigenvalue weighted by atomic mass is 19.1. The van der Waals surface area contributed by atoms with E-state index in [1.807, 2.05) is 0 Å². The van der Waals surface area contributed by atoms with Crippen molar-refractivity contribution in [1.82, 2.24) is 4.98 Å². The molecule has 3 rings (SSSR count). The predicted octanol–water partition coefficient (Wildman–Crippen LogP) is 2.80. The quantitative estimate of drug-likeness (QED) is 0.863. The van der Waals surface area contributed by atoms with Crippen molar-refractivity contribution < 1.29 is 23.0 Å². The van der Waals surface area contributed by atoms with E-state index < -0.39 is 17.5 Å². The monoisotopic (exact) mass is 334 g/mol. The first-order chi connectivity index (χ1) is 11.5. The zero-order valence-corrected chi connectivity index (χ0v) is 13.0. The molecule has 0 saturated carbocycles. The lowest BCUT2D eigenvalue weighted by Crippen LogP contribution is -2.27. The SMILES string of the molecule is CN(C(=O)c1ccnc(OC2CCOC2)c1)c1cc(F)ccc1F. The Morgan fingerprint density at radius 1 is 1.33 bits per heavy atom. The van der Waals surface area contributed by atoms with Crippen molar-refractivity contribution in [3.63, 3.8) is 0 Å². The second-order valence-corrected chi connectivity index (χ2v) is 5.45.